The third-order valence-electron chi connectivity index (χ3n) is 2.42. The van der Waals surface area contributed by atoms with E-state index in [2.05, 4.69) is 40.7 Å². The highest BCUT2D eigenvalue weighted by Crippen LogP contribution is 2.17. The molecule has 2 rings (SSSR count). The number of thiophene rings is 1. The van der Waals surface area contributed by atoms with Gasteiger partial charge in [-0.15, -0.1) is 11.3 Å². The molecule has 0 bridgehead atoms. The maximum atomic E-state index is 5.24. The summed E-state index contributed by atoms with van der Waals surface area (Å²) in [6.45, 7) is 5.11. The highest BCUT2D eigenvalue weighted by molar-refractivity contribution is 7.71. The van der Waals surface area contributed by atoms with Gasteiger partial charge in [0.1, 0.15) is 5.82 Å². The largest absolute Gasteiger partial charge is 0.299 e. The lowest BCUT2D eigenvalue weighted by molar-refractivity contribution is 0.705. The van der Waals surface area contributed by atoms with Crippen LogP contribution in [0.5, 0.6) is 0 Å². The molecule has 5 heteroatoms. The van der Waals surface area contributed by atoms with E-state index in [0.29, 0.717) is 0 Å². The van der Waals surface area contributed by atoms with Crippen molar-refractivity contribution in [2.75, 3.05) is 0 Å². The molecule has 0 spiro atoms. The van der Waals surface area contributed by atoms with Gasteiger partial charge >= 0.3 is 0 Å². The fourth-order valence-electron chi connectivity index (χ4n) is 1.65. The monoisotopic (exact) mass is 253 g/mol. The predicted molar refractivity (Wildman–Crippen MR) is 69.6 cm³/mol. The molecule has 0 amide bonds. The van der Waals surface area contributed by atoms with Crippen molar-refractivity contribution in [2.24, 2.45) is 0 Å². The third kappa shape index (κ3) is 2.41. The Morgan fingerprint density at radius 2 is 2.31 bits per heavy atom. The Bertz CT molecular complexity index is 521. The topological polar surface area (TPSA) is 33.6 Å². The van der Waals surface area contributed by atoms with Crippen LogP contribution >= 0.6 is 23.6 Å². The molecule has 0 unspecified atom stereocenters. The zero-order chi connectivity index (χ0) is 11.5. The summed E-state index contributed by atoms with van der Waals surface area (Å²) in [5, 5.41) is 7.13. The summed E-state index contributed by atoms with van der Waals surface area (Å²) in [6, 6.07) is 4.30. The maximum absolute atomic E-state index is 5.24. The van der Waals surface area contributed by atoms with Crippen molar-refractivity contribution in [3.63, 3.8) is 0 Å². The van der Waals surface area contributed by atoms with Gasteiger partial charge in [-0.3, -0.25) is 9.67 Å². The first kappa shape index (κ1) is 11.5. The van der Waals surface area contributed by atoms with Crippen molar-refractivity contribution < 1.29 is 0 Å². The van der Waals surface area contributed by atoms with Crippen LogP contribution in [0, 0.1) is 11.7 Å². The van der Waals surface area contributed by atoms with Gasteiger partial charge in [0.25, 0.3) is 0 Å². The number of nitrogens with one attached hydrogen (secondary N) is 1. The number of aromatic nitrogens is 3. The van der Waals surface area contributed by atoms with Gasteiger partial charge in [-0.2, -0.15) is 5.10 Å². The van der Waals surface area contributed by atoms with Crippen LogP contribution in [0.1, 0.15) is 28.9 Å². The lowest BCUT2D eigenvalue weighted by Crippen LogP contribution is -2.04. The van der Waals surface area contributed by atoms with E-state index < -0.39 is 0 Å². The van der Waals surface area contributed by atoms with Crippen LogP contribution < -0.4 is 0 Å². The zero-order valence-electron chi connectivity index (χ0n) is 9.49. The van der Waals surface area contributed by atoms with E-state index in [1.807, 2.05) is 11.3 Å². The summed E-state index contributed by atoms with van der Waals surface area (Å²) < 4.78 is 2.80. The van der Waals surface area contributed by atoms with E-state index in [1.165, 1.54) is 9.75 Å². The number of aryl methyl sites for hydroxylation is 2. The van der Waals surface area contributed by atoms with Crippen LogP contribution in [-0.2, 0) is 13.0 Å². The van der Waals surface area contributed by atoms with E-state index in [1.54, 1.807) is 0 Å². The highest BCUT2D eigenvalue weighted by Gasteiger charge is 2.06. The minimum absolute atomic E-state index is 0.717. The van der Waals surface area contributed by atoms with Crippen LogP contribution in [0.15, 0.2) is 12.1 Å². The average molecular weight is 253 g/mol. The molecule has 0 saturated heterocycles. The summed E-state index contributed by atoms with van der Waals surface area (Å²) in [6.07, 6.45) is 2.06. The Hall–Kier alpha value is -0.940. The average Bonchev–Trinajstić information content (AvgIpc) is 2.79. The molecule has 0 aliphatic rings. The Kier molecular flexibility index (Phi) is 3.56. The Morgan fingerprint density at radius 1 is 1.50 bits per heavy atom. The first-order valence-electron chi connectivity index (χ1n) is 5.40. The fourth-order valence-corrected chi connectivity index (χ4v) is 2.75. The van der Waals surface area contributed by atoms with E-state index in [0.717, 1.165) is 30.0 Å². The van der Waals surface area contributed by atoms with Crippen LogP contribution in [0.3, 0.4) is 0 Å². The van der Waals surface area contributed by atoms with Crippen molar-refractivity contribution >= 4 is 23.6 Å². The number of rotatable bonds is 4. The van der Waals surface area contributed by atoms with Crippen molar-refractivity contribution in [2.45, 2.75) is 33.2 Å². The van der Waals surface area contributed by atoms with E-state index in [-0.39, 0.29) is 0 Å². The number of hydrogen-bond acceptors (Lipinski definition) is 3. The van der Waals surface area contributed by atoms with Gasteiger partial charge in [0.2, 0.25) is 0 Å². The second-order valence-electron chi connectivity index (χ2n) is 3.79. The predicted octanol–water partition coefficient (Wildman–Crippen LogP) is 3.31. The summed E-state index contributed by atoms with van der Waals surface area (Å²) in [7, 11) is 0. The van der Waals surface area contributed by atoms with Crippen molar-refractivity contribution in [1.29, 1.82) is 0 Å². The molecule has 16 heavy (non-hydrogen) atoms. The molecular weight excluding hydrogens is 238 g/mol. The zero-order valence-corrected chi connectivity index (χ0v) is 11.1. The molecule has 1 N–H and O–H groups in total. The second kappa shape index (κ2) is 4.93. The molecule has 0 radical (unpaired) electrons. The van der Waals surface area contributed by atoms with E-state index >= 15 is 0 Å². The standard InChI is InChI=1S/C11H15N3S2/c1-3-4-10-12-13-11(15)14(10)7-9-6-5-8(2)16-9/h5-6H,3-4,7H2,1-2H3,(H,13,15). The van der Waals surface area contributed by atoms with Gasteiger partial charge in [0.05, 0.1) is 6.54 Å². The lowest BCUT2D eigenvalue weighted by atomic mass is 10.3. The van der Waals surface area contributed by atoms with E-state index in [9.17, 15) is 0 Å². The smallest absolute Gasteiger partial charge is 0.195 e. The molecule has 0 aromatic carbocycles. The number of H-pyrrole nitrogens is 1. The first-order valence-corrected chi connectivity index (χ1v) is 6.62. The lowest BCUT2D eigenvalue weighted by Gasteiger charge is -2.03. The molecule has 2 aromatic rings. The molecule has 0 fully saturated rings. The van der Waals surface area contributed by atoms with Gasteiger partial charge in [0.15, 0.2) is 4.77 Å². The van der Waals surface area contributed by atoms with Gasteiger partial charge < -0.3 is 0 Å². The summed E-state index contributed by atoms with van der Waals surface area (Å²) in [4.78, 5) is 2.66. The van der Waals surface area contributed by atoms with Crippen LogP contribution in [0.25, 0.3) is 0 Å². The molecule has 0 atom stereocenters. The summed E-state index contributed by atoms with van der Waals surface area (Å²) in [5.41, 5.74) is 0. The summed E-state index contributed by atoms with van der Waals surface area (Å²) in [5.74, 6) is 1.05. The summed E-state index contributed by atoms with van der Waals surface area (Å²) >= 11 is 7.06. The number of aromatic amines is 1. The van der Waals surface area contributed by atoms with Crippen LogP contribution in [-0.4, -0.2) is 14.8 Å². The Morgan fingerprint density at radius 3 is 2.94 bits per heavy atom. The highest BCUT2D eigenvalue weighted by atomic mass is 32.1. The Labute approximate surface area is 104 Å². The van der Waals surface area contributed by atoms with Gasteiger partial charge in [0, 0.05) is 16.2 Å². The molecule has 3 nitrogen and oxygen atoms in total. The normalized spacial score (nSPS) is 10.9. The Balaban J connectivity index is 2.26. The minimum atomic E-state index is 0.717. The van der Waals surface area contributed by atoms with Crippen LogP contribution in [0.2, 0.25) is 0 Å². The molecule has 2 heterocycles. The van der Waals surface area contributed by atoms with Gasteiger partial charge in [-0.05, 0) is 37.7 Å². The minimum Gasteiger partial charge on any atom is -0.299 e. The van der Waals surface area contributed by atoms with Crippen molar-refractivity contribution in [3.8, 4) is 0 Å². The quantitative estimate of drug-likeness (QED) is 0.848. The first-order chi connectivity index (χ1) is 7.70. The van der Waals surface area contributed by atoms with Gasteiger partial charge in [-0.25, -0.2) is 0 Å². The maximum Gasteiger partial charge on any atom is 0.195 e. The molecule has 2 aromatic heterocycles. The fraction of sp³-hybridized carbons (Fsp3) is 0.455. The second-order valence-corrected chi connectivity index (χ2v) is 5.55. The molecular formula is C11H15N3S2. The molecule has 0 aliphatic carbocycles. The van der Waals surface area contributed by atoms with Crippen molar-refractivity contribution in [3.05, 3.63) is 32.5 Å². The number of nitrogens with zero attached hydrogens (tertiary/aromatic N) is 2. The SMILES string of the molecule is CCCc1n[nH]c(=S)n1Cc1ccc(C)s1. The molecule has 86 valence electrons. The third-order valence-corrected chi connectivity index (χ3v) is 3.72. The number of hydrogen-bond donors (Lipinski definition) is 1. The van der Waals surface area contributed by atoms with Crippen molar-refractivity contribution in [1.82, 2.24) is 14.8 Å². The molecule has 0 aliphatic heterocycles. The van der Waals surface area contributed by atoms with E-state index in [4.69, 9.17) is 12.2 Å². The molecule has 0 saturated carbocycles. The van der Waals surface area contributed by atoms with Gasteiger partial charge in [-0.1, -0.05) is 6.92 Å². The van der Waals surface area contributed by atoms with Crippen LogP contribution in [0.4, 0.5) is 0 Å².